The van der Waals surface area contributed by atoms with E-state index < -0.39 is 11.9 Å². The number of halogens is 3. The maximum absolute atomic E-state index is 12.7. The monoisotopic (exact) mass is 372 g/mol. The van der Waals surface area contributed by atoms with Crippen molar-refractivity contribution in [3.05, 3.63) is 17.5 Å². The second-order valence-corrected chi connectivity index (χ2v) is 7.07. The highest BCUT2D eigenvalue weighted by Gasteiger charge is 2.38. The van der Waals surface area contributed by atoms with Gasteiger partial charge in [0.25, 0.3) is 0 Å². The molecule has 1 aromatic heterocycles. The molecule has 2 heterocycles. The highest BCUT2D eigenvalue weighted by Crippen LogP contribution is 2.30. The van der Waals surface area contributed by atoms with E-state index in [9.17, 15) is 22.8 Å². The SMILES string of the molecule is Cc1cc(C(F)(F)F)nn1CCNC(=O)[C@@H]1CC(=O)N(C2CCCC2)C1. The molecule has 144 valence electrons. The summed E-state index contributed by atoms with van der Waals surface area (Å²) >= 11 is 0. The molecule has 6 nitrogen and oxygen atoms in total. The van der Waals surface area contributed by atoms with E-state index >= 15 is 0 Å². The van der Waals surface area contributed by atoms with E-state index in [4.69, 9.17) is 0 Å². The topological polar surface area (TPSA) is 67.2 Å². The highest BCUT2D eigenvalue weighted by molar-refractivity contribution is 5.89. The first-order valence-electron chi connectivity index (χ1n) is 8.94. The van der Waals surface area contributed by atoms with Crippen molar-refractivity contribution >= 4 is 11.8 Å². The van der Waals surface area contributed by atoms with Crippen molar-refractivity contribution in [1.82, 2.24) is 20.0 Å². The minimum absolute atomic E-state index is 0.0230. The first kappa shape index (κ1) is 18.7. The molecule has 1 aliphatic carbocycles. The Hall–Kier alpha value is -2.06. The molecule has 1 aromatic rings. The van der Waals surface area contributed by atoms with E-state index in [0.29, 0.717) is 12.2 Å². The zero-order chi connectivity index (χ0) is 18.9. The number of hydrogen-bond donors (Lipinski definition) is 1. The largest absolute Gasteiger partial charge is 0.435 e. The first-order chi connectivity index (χ1) is 12.3. The summed E-state index contributed by atoms with van der Waals surface area (Å²) in [7, 11) is 0. The lowest BCUT2D eigenvalue weighted by Gasteiger charge is -2.23. The Morgan fingerprint density at radius 3 is 2.65 bits per heavy atom. The van der Waals surface area contributed by atoms with E-state index in [0.717, 1.165) is 31.7 Å². The third-order valence-electron chi connectivity index (χ3n) is 5.19. The molecule has 1 atom stereocenters. The van der Waals surface area contributed by atoms with E-state index in [1.165, 1.54) is 4.68 Å². The number of alkyl halides is 3. The number of carbonyl (C=O) groups is 2. The molecular formula is C17H23F3N4O2. The summed E-state index contributed by atoms with van der Waals surface area (Å²) in [5.41, 5.74) is -0.551. The fourth-order valence-corrected chi connectivity index (χ4v) is 3.78. The molecule has 2 fully saturated rings. The van der Waals surface area contributed by atoms with Gasteiger partial charge in [0.05, 0.1) is 12.5 Å². The van der Waals surface area contributed by atoms with Gasteiger partial charge in [-0.3, -0.25) is 14.3 Å². The van der Waals surface area contributed by atoms with Gasteiger partial charge in [-0.2, -0.15) is 18.3 Å². The third kappa shape index (κ3) is 4.02. The van der Waals surface area contributed by atoms with Crippen LogP contribution in [0.15, 0.2) is 6.07 Å². The maximum Gasteiger partial charge on any atom is 0.435 e. The van der Waals surface area contributed by atoms with Crippen LogP contribution in [0.2, 0.25) is 0 Å². The molecule has 0 aromatic carbocycles. The van der Waals surface area contributed by atoms with Crippen LogP contribution in [0.3, 0.4) is 0 Å². The maximum atomic E-state index is 12.7. The molecule has 0 bridgehead atoms. The lowest BCUT2D eigenvalue weighted by Crippen LogP contribution is -2.37. The van der Waals surface area contributed by atoms with Gasteiger partial charge in [-0.05, 0) is 25.8 Å². The average Bonchev–Trinajstić information content (AvgIpc) is 3.27. The van der Waals surface area contributed by atoms with Crippen LogP contribution in [0.1, 0.15) is 43.5 Å². The molecule has 2 amide bonds. The normalized spacial score (nSPS) is 21.6. The summed E-state index contributed by atoms with van der Waals surface area (Å²) in [6.07, 6.45) is -0.0300. The predicted molar refractivity (Wildman–Crippen MR) is 87.1 cm³/mol. The summed E-state index contributed by atoms with van der Waals surface area (Å²) in [4.78, 5) is 26.3. The number of rotatable bonds is 5. The Morgan fingerprint density at radius 1 is 1.35 bits per heavy atom. The van der Waals surface area contributed by atoms with Crippen molar-refractivity contribution in [3.63, 3.8) is 0 Å². The molecule has 3 rings (SSSR count). The van der Waals surface area contributed by atoms with E-state index in [1.807, 2.05) is 4.90 Å². The zero-order valence-corrected chi connectivity index (χ0v) is 14.7. The van der Waals surface area contributed by atoms with Crippen LogP contribution in [0.25, 0.3) is 0 Å². The van der Waals surface area contributed by atoms with Gasteiger partial charge in [-0.15, -0.1) is 0 Å². The fraction of sp³-hybridized carbons (Fsp3) is 0.706. The quantitative estimate of drug-likeness (QED) is 0.861. The van der Waals surface area contributed by atoms with E-state index in [1.54, 1.807) is 6.92 Å². The van der Waals surface area contributed by atoms with Gasteiger partial charge in [0.15, 0.2) is 5.69 Å². The number of aromatic nitrogens is 2. The van der Waals surface area contributed by atoms with Crippen molar-refractivity contribution in [2.45, 2.75) is 57.8 Å². The second kappa shape index (κ2) is 7.28. The Morgan fingerprint density at radius 2 is 2.04 bits per heavy atom. The Bertz CT molecular complexity index is 680. The molecule has 0 unspecified atom stereocenters. The summed E-state index contributed by atoms with van der Waals surface area (Å²) in [6.45, 7) is 2.31. The van der Waals surface area contributed by atoms with Crippen LogP contribution in [0, 0.1) is 12.8 Å². The number of amides is 2. The second-order valence-electron chi connectivity index (χ2n) is 7.07. The van der Waals surface area contributed by atoms with Gasteiger partial charge in [-0.1, -0.05) is 12.8 Å². The molecule has 9 heteroatoms. The fourth-order valence-electron chi connectivity index (χ4n) is 3.78. The number of hydrogen-bond acceptors (Lipinski definition) is 3. The van der Waals surface area contributed by atoms with Crippen molar-refractivity contribution in [2.75, 3.05) is 13.1 Å². The molecule has 0 radical (unpaired) electrons. The van der Waals surface area contributed by atoms with Crippen LogP contribution in [-0.2, 0) is 22.3 Å². The molecular weight excluding hydrogens is 349 g/mol. The van der Waals surface area contributed by atoms with Gasteiger partial charge >= 0.3 is 6.18 Å². The summed E-state index contributed by atoms with van der Waals surface area (Å²) in [6, 6.07) is 1.24. The number of aryl methyl sites for hydroxylation is 1. The number of carbonyl (C=O) groups excluding carboxylic acids is 2. The van der Waals surface area contributed by atoms with Crippen LogP contribution >= 0.6 is 0 Å². The Labute approximate surface area is 149 Å². The van der Waals surface area contributed by atoms with Crippen molar-refractivity contribution < 1.29 is 22.8 Å². The van der Waals surface area contributed by atoms with E-state index in [2.05, 4.69) is 10.4 Å². The van der Waals surface area contributed by atoms with Crippen molar-refractivity contribution in [3.8, 4) is 0 Å². The van der Waals surface area contributed by atoms with Crippen LogP contribution in [-0.4, -0.2) is 45.6 Å². The number of nitrogens with one attached hydrogen (secondary N) is 1. The standard InChI is InChI=1S/C17H23F3N4O2/c1-11-8-14(17(18,19)20)22-24(11)7-6-21-16(26)12-9-15(25)23(10-12)13-4-2-3-5-13/h8,12-13H,2-7,9-10H2,1H3,(H,21,26)/t12-/m1/s1. The molecule has 0 spiro atoms. The molecule has 1 aliphatic heterocycles. The van der Waals surface area contributed by atoms with Crippen LogP contribution in [0.4, 0.5) is 13.2 Å². The average molecular weight is 372 g/mol. The lowest BCUT2D eigenvalue weighted by molar-refractivity contribution is -0.141. The van der Waals surface area contributed by atoms with Gasteiger partial charge in [0, 0.05) is 31.2 Å². The lowest BCUT2D eigenvalue weighted by atomic mass is 10.1. The summed E-state index contributed by atoms with van der Waals surface area (Å²) in [5, 5.41) is 6.25. The van der Waals surface area contributed by atoms with Gasteiger partial charge in [0.1, 0.15) is 0 Å². The smallest absolute Gasteiger partial charge is 0.354 e. The van der Waals surface area contributed by atoms with Gasteiger partial charge in [-0.25, -0.2) is 0 Å². The van der Waals surface area contributed by atoms with Crippen molar-refractivity contribution in [2.24, 2.45) is 5.92 Å². The minimum Gasteiger partial charge on any atom is -0.354 e. The molecule has 26 heavy (non-hydrogen) atoms. The van der Waals surface area contributed by atoms with Crippen LogP contribution in [0.5, 0.6) is 0 Å². The highest BCUT2D eigenvalue weighted by atomic mass is 19.4. The van der Waals surface area contributed by atoms with Gasteiger partial charge in [0.2, 0.25) is 11.8 Å². The zero-order valence-electron chi connectivity index (χ0n) is 14.7. The molecule has 1 N–H and O–H groups in total. The Kier molecular flexibility index (Phi) is 5.24. The number of nitrogens with zero attached hydrogens (tertiary/aromatic N) is 3. The van der Waals surface area contributed by atoms with E-state index in [-0.39, 0.29) is 43.3 Å². The summed E-state index contributed by atoms with van der Waals surface area (Å²) < 4.78 is 39.2. The number of likely N-dealkylation sites (tertiary alicyclic amines) is 1. The predicted octanol–water partition coefficient (Wildman–Crippen LogP) is 2.12. The Balaban J connectivity index is 1.49. The minimum atomic E-state index is -4.48. The van der Waals surface area contributed by atoms with Crippen LogP contribution < -0.4 is 5.32 Å². The molecule has 1 saturated carbocycles. The third-order valence-corrected chi connectivity index (χ3v) is 5.19. The van der Waals surface area contributed by atoms with Crippen molar-refractivity contribution in [1.29, 1.82) is 0 Å². The first-order valence-corrected chi connectivity index (χ1v) is 8.94. The molecule has 2 aliphatic rings. The van der Waals surface area contributed by atoms with Gasteiger partial charge < -0.3 is 10.2 Å². The molecule has 1 saturated heterocycles. The summed E-state index contributed by atoms with van der Waals surface area (Å²) in [5.74, 6) is -0.581.